The van der Waals surface area contributed by atoms with Crippen LogP contribution in [-0.2, 0) is 0 Å². The van der Waals surface area contributed by atoms with Gasteiger partial charge in [0.1, 0.15) is 10.7 Å². The van der Waals surface area contributed by atoms with Crippen LogP contribution in [0.4, 0.5) is 5.69 Å². The molecular weight excluding hydrogens is 411 g/mol. The minimum Gasteiger partial charge on any atom is -0.454 e. The van der Waals surface area contributed by atoms with Gasteiger partial charge in [-0.3, -0.25) is 0 Å². The molecule has 0 N–H and O–H groups in total. The molecule has 1 aliphatic rings. The van der Waals surface area contributed by atoms with E-state index in [9.17, 15) is 0 Å². The Morgan fingerprint density at radius 3 is 2.32 bits per heavy atom. The number of rotatable bonds is 3. The molecule has 1 aliphatic heterocycles. The van der Waals surface area contributed by atoms with Crippen molar-refractivity contribution in [2.45, 2.75) is 6.92 Å². The minimum absolute atomic E-state index is 0.561. The van der Waals surface area contributed by atoms with E-state index in [4.69, 9.17) is 39.8 Å². The molecule has 28 heavy (non-hydrogen) atoms. The fourth-order valence-electron chi connectivity index (χ4n) is 3.37. The molecule has 6 heteroatoms. The summed E-state index contributed by atoms with van der Waals surface area (Å²) in [5.74, 6) is 1.39. The Morgan fingerprint density at radius 1 is 0.929 bits per heavy atom. The highest BCUT2D eigenvalue weighted by Crippen LogP contribution is 2.32. The lowest BCUT2D eigenvalue weighted by molar-refractivity contribution is 0.385. The number of benzene rings is 2. The van der Waals surface area contributed by atoms with E-state index in [1.54, 1.807) is 12.1 Å². The molecule has 0 radical (unpaired) electrons. The van der Waals surface area contributed by atoms with Crippen molar-refractivity contribution in [2.75, 3.05) is 31.1 Å². The van der Waals surface area contributed by atoms with Crippen LogP contribution in [0.3, 0.4) is 0 Å². The van der Waals surface area contributed by atoms with Gasteiger partial charge in [0.25, 0.3) is 0 Å². The zero-order chi connectivity index (χ0) is 19.7. The third kappa shape index (κ3) is 4.04. The summed E-state index contributed by atoms with van der Waals surface area (Å²) in [6.45, 7) is 5.70. The Balaban J connectivity index is 1.43. The second kappa shape index (κ2) is 8.16. The highest BCUT2D eigenvalue weighted by molar-refractivity contribution is 7.80. The Bertz CT molecular complexity index is 992. The standard InChI is InChI=1S/C22H20Cl2N2OS/c1-15-2-5-17(6-3-15)25-10-12-26(13-11-25)22(28)21-9-8-20(27-21)18-7-4-16(23)14-19(18)24/h2-9,14H,10-13H2,1H3. The van der Waals surface area contributed by atoms with Crippen molar-refractivity contribution >= 4 is 46.1 Å². The van der Waals surface area contributed by atoms with Crippen LogP contribution in [0.2, 0.25) is 10.0 Å². The fraction of sp³-hybridized carbons (Fsp3) is 0.227. The molecule has 3 aromatic rings. The topological polar surface area (TPSA) is 19.6 Å². The van der Waals surface area contributed by atoms with Crippen molar-refractivity contribution in [3.63, 3.8) is 0 Å². The van der Waals surface area contributed by atoms with Crippen molar-refractivity contribution in [1.82, 2.24) is 4.90 Å². The van der Waals surface area contributed by atoms with Crippen LogP contribution in [0, 0.1) is 6.92 Å². The van der Waals surface area contributed by atoms with Gasteiger partial charge in [-0.05, 0) is 49.4 Å². The highest BCUT2D eigenvalue weighted by atomic mass is 35.5. The summed E-state index contributed by atoms with van der Waals surface area (Å²) in [5, 5.41) is 1.16. The Morgan fingerprint density at radius 2 is 1.64 bits per heavy atom. The maximum atomic E-state index is 6.29. The SMILES string of the molecule is Cc1ccc(N2CCN(C(=S)c3ccc(-c4ccc(Cl)cc4Cl)o3)CC2)cc1. The summed E-state index contributed by atoms with van der Waals surface area (Å²) in [6.07, 6.45) is 0. The maximum Gasteiger partial charge on any atom is 0.162 e. The molecule has 0 atom stereocenters. The van der Waals surface area contributed by atoms with Gasteiger partial charge in [-0.15, -0.1) is 0 Å². The van der Waals surface area contributed by atoms with Crippen LogP contribution >= 0.6 is 35.4 Å². The van der Waals surface area contributed by atoms with Crippen LogP contribution in [-0.4, -0.2) is 36.1 Å². The van der Waals surface area contributed by atoms with E-state index in [0.717, 1.165) is 36.7 Å². The van der Waals surface area contributed by atoms with Crippen LogP contribution in [0.25, 0.3) is 11.3 Å². The van der Waals surface area contributed by atoms with Gasteiger partial charge in [-0.2, -0.15) is 0 Å². The molecule has 144 valence electrons. The predicted molar refractivity (Wildman–Crippen MR) is 121 cm³/mol. The summed E-state index contributed by atoms with van der Waals surface area (Å²) in [6, 6.07) is 17.8. The van der Waals surface area contributed by atoms with Crippen molar-refractivity contribution in [1.29, 1.82) is 0 Å². The molecule has 4 rings (SSSR count). The number of halogens is 2. The van der Waals surface area contributed by atoms with E-state index in [2.05, 4.69) is 41.0 Å². The lowest BCUT2D eigenvalue weighted by Crippen LogP contribution is -2.48. The number of piperazine rings is 1. The fourth-order valence-corrected chi connectivity index (χ4v) is 4.16. The predicted octanol–water partition coefficient (Wildman–Crippen LogP) is 6.06. The lowest BCUT2D eigenvalue weighted by atomic mass is 10.2. The number of hydrogen-bond acceptors (Lipinski definition) is 3. The molecule has 3 nitrogen and oxygen atoms in total. The molecule has 1 saturated heterocycles. The van der Waals surface area contributed by atoms with Gasteiger partial charge in [0.2, 0.25) is 0 Å². The average Bonchev–Trinajstić information content (AvgIpc) is 3.18. The van der Waals surface area contributed by atoms with Crippen molar-refractivity contribution < 1.29 is 4.42 Å². The number of thiocarbonyl (C=S) groups is 1. The van der Waals surface area contributed by atoms with Gasteiger partial charge < -0.3 is 14.2 Å². The van der Waals surface area contributed by atoms with E-state index < -0.39 is 0 Å². The summed E-state index contributed by atoms with van der Waals surface area (Å²) in [7, 11) is 0. The van der Waals surface area contributed by atoms with Gasteiger partial charge in [0.15, 0.2) is 5.76 Å². The van der Waals surface area contributed by atoms with Gasteiger partial charge >= 0.3 is 0 Å². The Labute approximate surface area is 180 Å². The van der Waals surface area contributed by atoms with E-state index in [-0.39, 0.29) is 0 Å². The van der Waals surface area contributed by atoms with Crippen molar-refractivity contribution in [2.24, 2.45) is 0 Å². The van der Waals surface area contributed by atoms with E-state index in [0.29, 0.717) is 21.6 Å². The maximum absolute atomic E-state index is 6.29. The number of furan rings is 1. The zero-order valence-electron chi connectivity index (χ0n) is 15.5. The van der Waals surface area contributed by atoms with Crippen LogP contribution < -0.4 is 4.90 Å². The second-order valence-corrected chi connectivity index (χ2v) is 8.13. The molecule has 0 unspecified atom stereocenters. The smallest absolute Gasteiger partial charge is 0.162 e. The molecular formula is C22H20Cl2N2OS. The van der Waals surface area contributed by atoms with Crippen LogP contribution in [0.15, 0.2) is 59.0 Å². The Kier molecular flexibility index (Phi) is 5.63. The largest absolute Gasteiger partial charge is 0.454 e. The molecule has 1 fully saturated rings. The molecule has 1 aromatic heterocycles. The number of anilines is 1. The van der Waals surface area contributed by atoms with Crippen LogP contribution in [0.5, 0.6) is 0 Å². The first-order chi connectivity index (χ1) is 13.5. The molecule has 0 amide bonds. The van der Waals surface area contributed by atoms with Gasteiger partial charge in [0.05, 0.1) is 5.02 Å². The molecule has 0 bridgehead atoms. The first-order valence-electron chi connectivity index (χ1n) is 9.17. The van der Waals surface area contributed by atoms with E-state index in [1.807, 2.05) is 18.2 Å². The minimum atomic E-state index is 0.561. The third-order valence-corrected chi connectivity index (χ3v) is 5.99. The van der Waals surface area contributed by atoms with Crippen LogP contribution in [0.1, 0.15) is 11.3 Å². The normalized spacial score (nSPS) is 14.4. The van der Waals surface area contributed by atoms with Crippen molar-refractivity contribution in [3.05, 3.63) is 76.0 Å². The van der Waals surface area contributed by atoms with E-state index >= 15 is 0 Å². The zero-order valence-corrected chi connectivity index (χ0v) is 17.8. The summed E-state index contributed by atoms with van der Waals surface area (Å²) < 4.78 is 6.01. The van der Waals surface area contributed by atoms with Gasteiger partial charge in [0, 0.05) is 42.5 Å². The quantitative estimate of drug-likeness (QED) is 0.470. The number of aryl methyl sites for hydroxylation is 1. The first-order valence-corrected chi connectivity index (χ1v) is 10.3. The monoisotopic (exact) mass is 430 g/mol. The molecule has 2 aromatic carbocycles. The number of hydrogen-bond donors (Lipinski definition) is 0. The van der Waals surface area contributed by atoms with Crippen molar-refractivity contribution in [3.8, 4) is 11.3 Å². The molecule has 2 heterocycles. The number of nitrogens with zero attached hydrogens (tertiary/aromatic N) is 2. The van der Waals surface area contributed by atoms with Gasteiger partial charge in [-0.25, -0.2) is 0 Å². The molecule has 0 aliphatic carbocycles. The van der Waals surface area contributed by atoms with E-state index in [1.165, 1.54) is 11.3 Å². The third-order valence-electron chi connectivity index (χ3n) is 4.98. The molecule has 0 saturated carbocycles. The lowest BCUT2D eigenvalue weighted by Gasteiger charge is -2.37. The average molecular weight is 431 g/mol. The Hall–Kier alpha value is -2.01. The van der Waals surface area contributed by atoms with Gasteiger partial charge in [-0.1, -0.05) is 53.1 Å². The first kappa shape index (κ1) is 19.3. The highest BCUT2D eigenvalue weighted by Gasteiger charge is 2.22. The summed E-state index contributed by atoms with van der Waals surface area (Å²) in [4.78, 5) is 5.33. The summed E-state index contributed by atoms with van der Waals surface area (Å²) >= 11 is 18.0. The second-order valence-electron chi connectivity index (χ2n) is 6.90. The summed E-state index contributed by atoms with van der Waals surface area (Å²) in [5.41, 5.74) is 3.34. The molecule has 0 spiro atoms.